The molecule has 31 heavy (non-hydrogen) atoms. The maximum Gasteiger partial charge on any atom is 0.342 e. The first kappa shape index (κ1) is 22.5. The van der Waals surface area contributed by atoms with Crippen molar-refractivity contribution in [2.75, 3.05) is 41.0 Å². The van der Waals surface area contributed by atoms with Gasteiger partial charge in [-0.3, -0.25) is 4.79 Å². The average molecular weight is 427 g/mol. The topological polar surface area (TPSA) is 74.3 Å². The SMILES string of the molecule is COc1ccc(C(=O)OCC(=O)N2CCC(Cc3ccccc3)CC2)c(OC)c1OC. The Morgan fingerprint density at radius 3 is 2.19 bits per heavy atom. The van der Waals surface area contributed by atoms with Crippen LogP contribution in [0.4, 0.5) is 0 Å². The Kier molecular flexibility index (Phi) is 7.76. The molecule has 0 aromatic heterocycles. The van der Waals surface area contributed by atoms with Gasteiger partial charge >= 0.3 is 5.97 Å². The molecule has 0 spiro atoms. The van der Waals surface area contributed by atoms with E-state index in [4.69, 9.17) is 18.9 Å². The van der Waals surface area contributed by atoms with E-state index < -0.39 is 5.97 Å². The van der Waals surface area contributed by atoms with Crippen molar-refractivity contribution >= 4 is 11.9 Å². The van der Waals surface area contributed by atoms with E-state index in [1.165, 1.54) is 33.0 Å². The van der Waals surface area contributed by atoms with E-state index in [-0.39, 0.29) is 23.8 Å². The lowest BCUT2D eigenvalue weighted by Gasteiger charge is -2.32. The molecular weight excluding hydrogens is 398 g/mol. The Hall–Kier alpha value is -3.22. The monoisotopic (exact) mass is 427 g/mol. The van der Waals surface area contributed by atoms with Crippen LogP contribution < -0.4 is 14.2 Å². The summed E-state index contributed by atoms with van der Waals surface area (Å²) in [6.45, 7) is 1.04. The number of methoxy groups -OCH3 is 3. The van der Waals surface area contributed by atoms with Gasteiger partial charge in [0.15, 0.2) is 18.1 Å². The number of esters is 1. The Balaban J connectivity index is 1.52. The zero-order valence-corrected chi connectivity index (χ0v) is 18.3. The van der Waals surface area contributed by atoms with Gasteiger partial charge in [0.25, 0.3) is 5.91 Å². The molecular formula is C24H29NO6. The van der Waals surface area contributed by atoms with E-state index in [0.717, 1.165) is 19.3 Å². The first-order chi connectivity index (χ1) is 15.1. The summed E-state index contributed by atoms with van der Waals surface area (Å²) in [6, 6.07) is 13.5. The Bertz CT molecular complexity index is 890. The van der Waals surface area contributed by atoms with Gasteiger partial charge in [-0.2, -0.15) is 0 Å². The highest BCUT2D eigenvalue weighted by atomic mass is 16.5. The molecule has 1 amide bonds. The average Bonchev–Trinajstić information content (AvgIpc) is 2.82. The third-order valence-corrected chi connectivity index (χ3v) is 5.59. The fraction of sp³-hybridized carbons (Fsp3) is 0.417. The number of piperidine rings is 1. The van der Waals surface area contributed by atoms with Gasteiger partial charge in [0.05, 0.1) is 21.3 Å². The molecule has 0 saturated carbocycles. The summed E-state index contributed by atoms with van der Waals surface area (Å²) in [7, 11) is 4.39. The fourth-order valence-electron chi connectivity index (χ4n) is 3.89. The second kappa shape index (κ2) is 10.7. The fourth-order valence-corrected chi connectivity index (χ4v) is 3.89. The summed E-state index contributed by atoms with van der Waals surface area (Å²) in [5, 5.41) is 0. The number of rotatable bonds is 8. The molecule has 0 atom stereocenters. The van der Waals surface area contributed by atoms with Crippen molar-refractivity contribution in [3.05, 3.63) is 53.6 Å². The lowest BCUT2D eigenvalue weighted by Crippen LogP contribution is -2.41. The number of ether oxygens (including phenoxy) is 4. The number of hydrogen-bond donors (Lipinski definition) is 0. The van der Waals surface area contributed by atoms with Crippen LogP contribution in [0.1, 0.15) is 28.8 Å². The van der Waals surface area contributed by atoms with E-state index in [1.54, 1.807) is 11.0 Å². The van der Waals surface area contributed by atoms with Gasteiger partial charge in [0.1, 0.15) is 5.56 Å². The summed E-state index contributed by atoms with van der Waals surface area (Å²) in [6.07, 6.45) is 2.91. The van der Waals surface area contributed by atoms with Gasteiger partial charge in [-0.25, -0.2) is 4.79 Å². The van der Waals surface area contributed by atoms with Crippen LogP contribution in [0.25, 0.3) is 0 Å². The molecule has 0 bridgehead atoms. The second-order valence-corrected chi connectivity index (χ2v) is 7.47. The number of benzene rings is 2. The van der Waals surface area contributed by atoms with Crippen molar-refractivity contribution in [3.8, 4) is 17.2 Å². The number of carbonyl (C=O) groups excluding carboxylic acids is 2. The molecule has 1 aliphatic heterocycles. The zero-order valence-electron chi connectivity index (χ0n) is 18.3. The molecule has 1 fully saturated rings. The van der Waals surface area contributed by atoms with E-state index >= 15 is 0 Å². The van der Waals surface area contributed by atoms with Gasteiger partial charge in [0.2, 0.25) is 5.75 Å². The third-order valence-electron chi connectivity index (χ3n) is 5.59. The largest absolute Gasteiger partial charge is 0.493 e. The summed E-state index contributed by atoms with van der Waals surface area (Å²) in [5.74, 6) is 0.665. The van der Waals surface area contributed by atoms with Crippen LogP contribution in [0, 0.1) is 5.92 Å². The summed E-state index contributed by atoms with van der Waals surface area (Å²) in [5.41, 5.74) is 1.50. The number of nitrogens with zero attached hydrogens (tertiary/aromatic N) is 1. The smallest absolute Gasteiger partial charge is 0.342 e. The first-order valence-corrected chi connectivity index (χ1v) is 10.3. The van der Waals surface area contributed by atoms with Crippen LogP contribution in [-0.4, -0.2) is 57.8 Å². The minimum absolute atomic E-state index is 0.175. The molecule has 0 aliphatic carbocycles. The van der Waals surface area contributed by atoms with Crippen LogP contribution in [0.5, 0.6) is 17.2 Å². The van der Waals surface area contributed by atoms with Gasteiger partial charge in [-0.15, -0.1) is 0 Å². The quantitative estimate of drug-likeness (QED) is 0.602. The molecule has 0 unspecified atom stereocenters. The second-order valence-electron chi connectivity index (χ2n) is 7.47. The molecule has 2 aromatic rings. The molecule has 0 N–H and O–H groups in total. The molecule has 7 nitrogen and oxygen atoms in total. The van der Waals surface area contributed by atoms with Crippen LogP contribution >= 0.6 is 0 Å². The van der Waals surface area contributed by atoms with Crippen molar-refractivity contribution < 1.29 is 28.5 Å². The van der Waals surface area contributed by atoms with Gasteiger partial charge < -0.3 is 23.8 Å². The third kappa shape index (κ3) is 5.48. The van der Waals surface area contributed by atoms with E-state index in [9.17, 15) is 9.59 Å². The van der Waals surface area contributed by atoms with Gasteiger partial charge in [-0.1, -0.05) is 30.3 Å². The van der Waals surface area contributed by atoms with Crippen molar-refractivity contribution in [1.29, 1.82) is 0 Å². The maximum atomic E-state index is 12.6. The summed E-state index contributed by atoms with van der Waals surface area (Å²) in [4.78, 5) is 26.9. The highest BCUT2D eigenvalue weighted by molar-refractivity contribution is 5.95. The van der Waals surface area contributed by atoms with Crippen LogP contribution in [0.15, 0.2) is 42.5 Å². The number of amides is 1. The molecule has 2 aromatic carbocycles. The molecule has 1 aliphatic rings. The molecule has 166 valence electrons. The molecule has 1 saturated heterocycles. The number of carbonyl (C=O) groups is 2. The lowest BCUT2D eigenvalue weighted by molar-refractivity contribution is -0.135. The minimum atomic E-state index is -0.648. The number of hydrogen-bond acceptors (Lipinski definition) is 6. The van der Waals surface area contributed by atoms with Crippen molar-refractivity contribution in [2.24, 2.45) is 5.92 Å². The van der Waals surface area contributed by atoms with Crippen LogP contribution in [0.2, 0.25) is 0 Å². The number of likely N-dealkylation sites (tertiary alicyclic amines) is 1. The zero-order chi connectivity index (χ0) is 22.2. The van der Waals surface area contributed by atoms with Gasteiger partial charge in [-0.05, 0) is 42.9 Å². The Morgan fingerprint density at radius 2 is 1.58 bits per heavy atom. The summed E-state index contributed by atoms with van der Waals surface area (Å²) < 4.78 is 21.1. The molecule has 1 heterocycles. The van der Waals surface area contributed by atoms with Crippen molar-refractivity contribution in [2.45, 2.75) is 19.3 Å². The summed E-state index contributed by atoms with van der Waals surface area (Å²) >= 11 is 0. The van der Waals surface area contributed by atoms with E-state index in [0.29, 0.717) is 30.5 Å². The van der Waals surface area contributed by atoms with E-state index in [2.05, 4.69) is 24.3 Å². The van der Waals surface area contributed by atoms with Crippen molar-refractivity contribution in [3.63, 3.8) is 0 Å². The highest BCUT2D eigenvalue weighted by Crippen LogP contribution is 2.40. The van der Waals surface area contributed by atoms with Crippen LogP contribution in [-0.2, 0) is 16.0 Å². The highest BCUT2D eigenvalue weighted by Gasteiger charge is 2.26. The van der Waals surface area contributed by atoms with Gasteiger partial charge in [0, 0.05) is 13.1 Å². The predicted molar refractivity (Wildman–Crippen MR) is 116 cm³/mol. The Labute approximate surface area is 182 Å². The minimum Gasteiger partial charge on any atom is -0.493 e. The maximum absolute atomic E-state index is 12.6. The molecule has 3 rings (SSSR count). The standard InChI is InChI=1S/C24H29NO6/c1-28-20-10-9-19(22(29-2)23(20)30-3)24(27)31-16-21(26)25-13-11-18(12-14-25)15-17-7-5-4-6-8-17/h4-10,18H,11-16H2,1-3H3. The first-order valence-electron chi connectivity index (χ1n) is 10.3. The van der Waals surface area contributed by atoms with Crippen LogP contribution in [0.3, 0.4) is 0 Å². The molecule has 7 heteroatoms. The lowest BCUT2D eigenvalue weighted by atomic mass is 9.90. The van der Waals surface area contributed by atoms with Crippen molar-refractivity contribution in [1.82, 2.24) is 4.90 Å². The normalized spacial score (nSPS) is 14.1. The Morgan fingerprint density at radius 1 is 0.903 bits per heavy atom. The predicted octanol–water partition coefficient (Wildman–Crippen LogP) is 3.35. The molecule has 0 radical (unpaired) electrons. The van der Waals surface area contributed by atoms with E-state index in [1.807, 2.05) is 6.07 Å².